The van der Waals surface area contributed by atoms with Crippen molar-refractivity contribution in [1.29, 1.82) is 0 Å². The molecule has 2 atom stereocenters. The van der Waals surface area contributed by atoms with Gasteiger partial charge in [0, 0.05) is 29.4 Å². The zero-order valence-corrected chi connectivity index (χ0v) is 14.6. The van der Waals surface area contributed by atoms with E-state index in [0.717, 1.165) is 27.7 Å². The van der Waals surface area contributed by atoms with Gasteiger partial charge in [-0.25, -0.2) is 0 Å². The first-order valence-electron chi connectivity index (χ1n) is 8.86. The van der Waals surface area contributed by atoms with Crippen LogP contribution >= 0.6 is 0 Å². The number of primary amides is 1. The van der Waals surface area contributed by atoms with Crippen LogP contribution in [0.3, 0.4) is 0 Å². The van der Waals surface area contributed by atoms with E-state index in [1.807, 2.05) is 61.5 Å². The average Bonchev–Trinajstić information content (AvgIpc) is 3.04. The van der Waals surface area contributed by atoms with Crippen molar-refractivity contribution >= 4 is 22.7 Å². The third-order valence-corrected chi connectivity index (χ3v) is 5.17. The lowest BCUT2D eigenvalue weighted by molar-refractivity contribution is -0.141. The molecule has 0 radical (unpaired) electrons. The molecule has 2 amide bonds. The molecule has 0 spiro atoms. The molecule has 3 N–H and O–H groups in total. The SMILES string of the molecule is CCC(=O)N1C(c2ccccc2)c2[nH]c3ccccc3c2C[C@@H]1C(N)=O. The number of amides is 2. The Morgan fingerprint density at radius 1 is 1.12 bits per heavy atom. The number of hydrogen-bond donors (Lipinski definition) is 2. The summed E-state index contributed by atoms with van der Waals surface area (Å²) in [7, 11) is 0. The summed E-state index contributed by atoms with van der Waals surface area (Å²) >= 11 is 0. The Hall–Kier alpha value is -3.08. The van der Waals surface area contributed by atoms with Crippen molar-refractivity contribution in [2.24, 2.45) is 5.73 Å². The molecular weight excluding hydrogens is 326 g/mol. The van der Waals surface area contributed by atoms with Gasteiger partial charge in [-0.3, -0.25) is 9.59 Å². The number of aromatic amines is 1. The van der Waals surface area contributed by atoms with Crippen LogP contribution in [0.5, 0.6) is 0 Å². The minimum Gasteiger partial charge on any atom is -0.368 e. The molecular formula is C21H21N3O2. The van der Waals surface area contributed by atoms with E-state index < -0.39 is 11.9 Å². The molecule has 1 aliphatic heterocycles. The number of nitrogens with zero attached hydrogens (tertiary/aromatic N) is 1. The third-order valence-electron chi connectivity index (χ3n) is 5.17. The zero-order valence-electron chi connectivity index (χ0n) is 14.6. The number of fused-ring (bicyclic) bond motifs is 3. The standard InChI is InChI=1S/C21H21N3O2/c1-2-18(25)24-17(21(22)26)12-15-14-10-6-7-11-16(14)23-19(15)20(24)13-8-4-3-5-9-13/h3-11,17,20,23H,2,12H2,1H3,(H2,22,26)/t17-,20?/m1/s1. The molecule has 5 heteroatoms. The molecule has 0 saturated heterocycles. The van der Waals surface area contributed by atoms with Crippen molar-refractivity contribution < 1.29 is 9.59 Å². The monoisotopic (exact) mass is 347 g/mol. The summed E-state index contributed by atoms with van der Waals surface area (Å²) in [5.41, 5.74) is 9.73. The topological polar surface area (TPSA) is 79.2 Å². The van der Waals surface area contributed by atoms with Gasteiger partial charge in [0.1, 0.15) is 6.04 Å². The van der Waals surface area contributed by atoms with Crippen molar-refractivity contribution in [1.82, 2.24) is 9.88 Å². The highest BCUT2D eigenvalue weighted by Gasteiger charge is 2.42. The number of benzene rings is 2. The maximum absolute atomic E-state index is 12.8. The Kier molecular flexibility index (Phi) is 3.99. The lowest BCUT2D eigenvalue weighted by Crippen LogP contribution is -2.53. The highest BCUT2D eigenvalue weighted by molar-refractivity contribution is 5.91. The fourth-order valence-electron chi connectivity index (χ4n) is 3.99. The Balaban J connectivity index is 1.99. The number of H-pyrrole nitrogens is 1. The van der Waals surface area contributed by atoms with Crippen LogP contribution in [-0.4, -0.2) is 27.7 Å². The average molecular weight is 347 g/mol. The molecule has 4 rings (SSSR count). The summed E-state index contributed by atoms with van der Waals surface area (Å²) in [6.45, 7) is 1.81. The first-order chi connectivity index (χ1) is 12.6. The molecule has 5 nitrogen and oxygen atoms in total. The predicted octanol–water partition coefficient (Wildman–Crippen LogP) is 2.91. The zero-order chi connectivity index (χ0) is 18.3. The number of aromatic nitrogens is 1. The number of hydrogen-bond acceptors (Lipinski definition) is 2. The Morgan fingerprint density at radius 2 is 1.81 bits per heavy atom. The number of para-hydroxylation sites is 1. The summed E-state index contributed by atoms with van der Waals surface area (Å²) in [4.78, 5) is 30.2. The number of nitrogens with one attached hydrogen (secondary N) is 1. The van der Waals surface area contributed by atoms with Crippen molar-refractivity contribution in [2.75, 3.05) is 0 Å². The maximum atomic E-state index is 12.8. The molecule has 2 aromatic carbocycles. The molecule has 2 heterocycles. The molecule has 1 aliphatic rings. The van der Waals surface area contributed by atoms with Gasteiger partial charge in [0.15, 0.2) is 0 Å². The first-order valence-corrected chi connectivity index (χ1v) is 8.86. The largest absolute Gasteiger partial charge is 0.368 e. The van der Waals surface area contributed by atoms with Crippen LogP contribution in [0.25, 0.3) is 10.9 Å². The van der Waals surface area contributed by atoms with E-state index in [0.29, 0.717) is 12.8 Å². The Bertz CT molecular complexity index is 977. The van der Waals surface area contributed by atoms with Gasteiger partial charge >= 0.3 is 0 Å². The lowest BCUT2D eigenvalue weighted by atomic mass is 9.87. The molecule has 132 valence electrons. The van der Waals surface area contributed by atoms with Crippen LogP contribution in [0, 0.1) is 0 Å². The quantitative estimate of drug-likeness (QED) is 0.764. The summed E-state index contributed by atoms with van der Waals surface area (Å²) in [5, 5.41) is 1.08. The third kappa shape index (κ3) is 2.47. The molecule has 1 aromatic heterocycles. The molecule has 0 bridgehead atoms. The van der Waals surface area contributed by atoms with E-state index in [-0.39, 0.29) is 11.9 Å². The fourth-order valence-corrected chi connectivity index (χ4v) is 3.99. The fraction of sp³-hybridized carbons (Fsp3) is 0.238. The normalized spacial score (nSPS) is 19.3. The molecule has 0 saturated carbocycles. The second kappa shape index (κ2) is 6.33. The van der Waals surface area contributed by atoms with E-state index in [9.17, 15) is 9.59 Å². The second-order valence-corrected chi connectivity index (χ2v) is 6.65. The van der Waals surface area contributed by atoms with Crippen molar-refractivity contribution in [3.63, 3.8) is 0 Å². The van der Waals surface area contributed by atoms with Gasteiger partial charge in [0.25, 0.3) is 0 Å². The minimum absolute atomic E-state index is 0.0769. The number of nitrogens with two attached hydrogens (primary N) is 1. The maximum Gasteiger partial charge on any atom is 0.240 e. The van der Waals surface area contributed by atoms with Crippen LogP contribution in [-0.2, 0) is 16.0 Å². The first kappa shape index (κ1) is 16.4. The Morgan fingerprint density at radius 3 is 2.50 bits per heavy atom. The van der Waals surface area contributed by atoms with Gasteiger partial charge in [-0.15, -0.1) is 0 Å². The van der Waals surface area contributed by atoms with Crippen molar-refractivity contribution in [3.8, 4) is 0 Å². The highest BCUT2D eigenvalue weighted by Crippen LogP contribution is 2.41. The molecule has 26 heavy (non-hydrogen) atoms. The van der Waals surface area contributed by atoms with Crippen LogP contribution in [0.1, 0.15) is 36.2 Å². The summed E-state index contributed by atoms with van der Waals surface area (Å²) in [5.74, 6) is -0.546. The molecule has 1 unspecified atom stereocenters. The van der Waals surface area contributed by atoms with Gasteiger partial charge in [-0.05, 0) is 17.2 Å². The smallest absolute Gasteiger partial charge is 0.240 e. The summed E-state index contributed by atoms with van der Waals surface area (Å²) < 4.78 is 0. The van der Waals surface area contributed by atoms with Crippen LogP contribution in [0.2, 0.25) is 0 Å². The van der Waals surface area contributed by atoms with Gasteiger partial charge in [-0.1, -0.05) is 55.5 Å². The van der Waals surface area contributed by atoms with Gasteiger partial charge < -0.3 is 15.6 Å². The van der Waals surface area contributed by atoms with Crippen molar-refractivity contribution in [2.45, 2.75) is 31.8 Å². The van der Waals surface area contributed by atoms with Gasteiger partial charge in [0.05, 0.1) is 6.04 Å². The molecule has 3 aromatic rings. The van der Waals surface area contributed by atoms with E-state index in [4.69, 9.17) is 5.73 Å². The predicted molar refractivity (Wildman–Crippen MR) is 100 cm³/mol. The number of carbonyl (C=O) groups is 2. The highest BCUT2D eigenvalue weighted by atomic mass is 16.2. The Labute approximate surface area is 151 Å². The van der Waals surface area contributed by atoms with Crippen LogP contribution < -0.4 is 5.73 Å². The second-order valence-electron chi connectivity index (χ2n) is 6.65. The summed E-state index contributed by atoms with van der Waals surface area (Å²) in [6, 6.07) is 16.8. The van der Waals surface area contributed by atoms with E-state index in [2.05, 4.69) is 4.98 Å². The molecule has 0 aliphatic carbocycles. The summed E-state index contributed by atoms with van der Waals surface area (Å²) in [6.07, 6.45) is 0.756. The van der Waals surface area contributed by atoms with E-state index in [1.54, 1.807) is 4.90 Å². The van der Waals surface area contributed by atoms with E-state index >= 15 is 0 Å². The van der Waals surface area contributed by atoms with Gasteiger partial charge in [0.2, 0.25) is 11.8 Å². The van der Waals surface area contributed by atoms with Crippen molar-refractivity contribution in [3.05, 3.63) is 71.4 Å². The minimum atomic E-state index is -0.653. The molecule has 0 fully saturated rings. The van der Waals surface area contributed by atoms with Crippen LogP contribution in [0.4, 0.5) is 0 Å². The van der Waals surface area contributed by atoms with Gasteiger partial charge in [-0.2, -0.15) is 0 Å². The lowest BCUT2D eigenvalue weighted by Gasteiger charge is -2.41. The number of rotatable bonds is 3. The number of carbonyl (C=O) groups excluding carboxylic acids is 2. The van der Waals surface area contributed by atoms with Crippen LogP contribution in [0.15, 0.2) is 54.6 Å². The van der Waals surface area contributed by atoms with E-state index in [1.165, 1.54) is 0 Å².